The van der Waals surface area contributed by atoms with E-state index in [0.29, 0.717) is 23.0 Å². The molecule has 2 heterocycles. The van der Waals surface area contributed by atoms with Gasteiger partial charge in [0.1, 0.15) is 22.5 Å². The molecule has 148 valence electrons. The molecule has 2 N–H and O–H groups in total. The fourth-order valence-corrected chi connectivity index (χ4v) is 4.77. The number of aryl methyl sites for hydroxylation is 2. The summed E-state index contributed by atoms with van der Waals surface area (Å²) in [5, 5.41) is 10.0. The SMILES string of the molecule is N#Cc1ccccc1OCC(=O)OCc1nc(N)c2c3c(sc2n1)CCCCC3. The van der Waals surface area contributed by atoms with E-state index in [1.165, 1.54) is 23.3 Å². The number of nitrogen functional groups attached to an aromatic ring is 1. The summed E-state index contributed by atoms with van der Waals surface area (Å²) in [7, 11) is 0. The highest BCUT2D eigenvalue weighted by atomic mass is 32.1. The van der Waals surface area contributed by atoms with E-state index < -0.39 is 5.97 Å². The second-order valence-corrected chi connectivity index (χ2v) is 7.91. The first-order valence-corrected chi connectivity index (χ1v) is 10.3. The van der Waals surface area contributed by atoms with Crippen molar-refractivity contribution >= 4 is 33.3 Å². The van der Waals surface area contributed by atoms with Crippen LogP contribution in [0.4, 0.5) is 5.82 Å². The fourth-order valence-electron chi connectivity index (χ4n) is 3.48. The zero-order valence-corrected chi connectivity index (χ0v) is 16.6. The van der Waals surface area contributed by atoms with Gasteiger partial charge >= 0.3 is 5.97 Å². The Kier molecular flexibility index (Phi) is 5.58. The molecule has 0 radical (unpaired) electrons. The first-order chi connectivity index (χ1) is 14.2. The van der Waals surface area contributed by atoms with Crippen LogP contribution in [0.5, 0.6) is 5.75 Å². The first-order valence-electron chi connectivity index (χ1n) is 9.50. The Morgan fingerprint density at radius 3 is 2.90 bits per heavy atom. The van der Waals surface area contributed by atoms with Crippen molar-refractivity contribution < 1.29 is 14.3 Å². The van der Waals surface area contributed by atoms with Crippen molar-refractivity contribution in [3.63, 3.8) is 0 Å². The number of fused-ring (bicyclic) bond motifs is 3. The monoisotopic (exact) mass is 408 g/mol. The van der Waals surface area contributed by atoms with Crippen molar-refractivity contribution in [1.82, 2.24) is 9.97 Å². The molecule has 1 aliphatic carbocycles. The van der Waals surface area contributed by atoms with Crippen molar-refractivity contribution in [3.8, 4) is 11.8 Å². The van der Waals surface area contributed by atoms with E-state index in [0.717, 1.165) is 29.5 Å². The number of anilines is 1. The summed E-state index contributed by atoms with van der Waals surface area (Å²) in [6.45, 7) is -0.380. The molecular weight excluding hydrogens is 388 g/mol. The summed E-state index contributed by atoms with van der Waals surface area (Å²) in [4.78, 5) is 23.1. The zero-order valence-electron chi connectivity index (χ0n) is 15.8. The summed E-state index contributed by atoms with van der Waals surface area (Å²) >= 11 is 1.66. The molecule has 0 bridgehead atoms. The molecule has 3 aromatic rings. The molecular formula is C21H20N4O3S. The summed E-state index contributed by atoms with van der Waals surface area (Å²) < 4.78 is 10.6. The molecule has 0 fully saturated rings. The Morgan fingerprint density at radius 1 is 1.21 bits per heavy atom. The molecule has 0 saturated heterocycles. The molecule has 1 aromatic carbocycles. The number of nitrogens with zero attached hydrogens (tertiary/aromatic N) is 3. The molecule has 0 atom stereocenters. The lowest BCUT2D eigenvalue weighted by Gasteiger charge is -2.08. The Hall–Kier alpha value is -3.18. The molecule has 29 heavy (non-hydrogen) atoms. The van der Waals surface area contributed by atoms with Gasteiger partial charge in [-0.3, -0.25) is 0 Å². The van der Waals surface area contributed by atoms with Gasteiger partial charge in [0, 0.05) is 4.88 Å². The van der Waals surface area contributed by atoms with Crippen LogP contribution in [-0.4, -0.2) is 22.5 Å². The average molecular weight is 408 g/mol. The van der Waals surface area contributed by atoms with Crippen LogP contribution in [0, 0.1) is 11.3 Å². The highest BCUT2D eigenvalue weighted by molar-refractivity contribution is 7.19. The van der Waals surface area contributed by atoms with Gasteiger partial charge in [-0.1, -0.05) is 18.6 Å². The maximum atomic E-state index is 12.0. The van der Waals surface area contributed by atoms with Crippen LogP contribution in [-0.2, 0) is 29.0 Å². The lowest BCUT2D eigenvalue weighted by molar-refractivity contribution is -0.147. The van der Waals surface area contributed by atoms with Crippen LogP contribution >= 0.6 is 11.3 Å². The summed E-state index contributed by atoms with van der Waals surface area (Å²) in [6.07, 6.45) is 5.65. The van der Waals surface area contributed by atoms with Gasteiger partial charge in [0.15, 0.2) is 19.0 Å². The molecule has 0 unspecified atom stereocenters. The molecule has 1 aliphatic rings. The van der Waals surface area contributed by atoms with E-state index in [9.17, 15) is 4.79 Å². The number of nitrogens with two attached hydrogens (primary N) is 1. The summed E-state index contributed by atoms with van der Waals surface area (Å²) in [5.74, 6) is 0.591. The average Bonchev–Trinajstić information content (AvgIpc) is 2.92. The highest BCUT2D eigenvalue weighted by Gasteiger charge is 2.19. The standard InChI is InChI=1S/C21H20N4O3S/c22-10-13-6-4-5-8-15(13)27-12-18(26)28-11-17-24-20(23)19-14-7-2-1-3-9-16(14)29-21(19)25-17/h4-6,8H,1-3,7,9,11-12H2,(H2,23,24,25). The van der Waals surface area contributed by atoms with Gasteiger partial charge in [-0.15, -0.1) is 11.3 Å². The number of ether oxygens (including phenoxy) is 2. The van der Waals surface area contributed by atoms with Crippen LogP contribution < -0.4 is 10.5 Å². The van der Waals surface area contributed by atoms with Gasteiger partial charge in [0.2, 0.25) is 0 Å². The predicted octanol–water partition coefficient (Wildman–Crippen LogP) is 3.54. The molecule has 0 aliphatic heterocycles. The highest BCUT2D eigenvalue weighted by Crippen LogP contribution is 2.37. The minimum Gasteiger partial charge on any atom is -0.481 e. The third kappa shape index (κ3) is 4.15. The first kappa shape index (κ1) is 19.2. The topological polar surface area (TPSA) is 111 Å². The number of esters is 1. The summed E-state index contributed by atoms with van der Waals surface area (Å²) in [6, 6.07) is 8.72. The Balaban J connectivity index is 1.42. The fraction of sp³-hybridized carbons (Fsp3) is 0.333. The van der Waals surface area contributed by atoms with Gasteiger partial charge in [0.25, 0.3) is 0 Å². The number of carbonyl (C=O) groups excluding carboxylic acids is 1. The second-order valence-electron chi connectivity index (χ2n) is 6.83. The van der Waals surface area contributed by atoms with Crippen molar-refractivity contribution in [2.75, 3.05) is 12.3 Å². The number of aromatic nitrogens is 2. The summed E-state index contributed by atoms with van der Waals surface area (Å²) in [5.41, 5.74) is 7.86. The smallest absolute Gasteiger partial charge is 0.344 e. The molecule has 2 aromatic heterocycles. The van der Waals surface area contributed by atoms with Crippen molar-refractivity contribution in [1.29, 1.82) is 5.26 Å². The Labute approximate surface area is 172 Å². The number of benzene rings is 1. The Bertz CT molecular complexity index is 1100. The molecule has 0 saturated carbocycles. The number of hydrogen-bond acceptors (Lipinski definition) is 8. The van der Waals surface area contributed by atoms with Gasteiger partial charge < -0.3 is 15.2 Å². The minimum absolute atomic E-state index is 0.0786. The maximum absolute atomic E-state index is 12.0. The zero-order chi connectivity index (χ0) is 20.2. The normalized spacial score (nSPS) is 13.3. The van der Waals surface area contributed by atoms with Crippen LogP contribution in [0.15, 0.2) is 24.3 Å². The van der Waals surface area contributed by atoms with Crippen molar-refractivity contribution in [2.45, 2.75) is 38.7 Å². The second kappa shape index (κ2) is 8.45. The van der Waals surface area contributed by atoms with Crippen LogP contribution in [0.1, 0.15) is 41.1 Å². The van der Waals surface area contributed by atoms with Crippen LogP contribution in [0.25, 0.3) is 10.2 Å². The number of rotatable bonds is 5. The van der Waals surface area contributed by atoms with Crippen molar-refractivity contribution in [2.24, 2.45) is 0 Å². The molecule has 7 nitrogen and oxygen atoms in total. The van der Waals surface area contributed by atoms with Gasteiger partial charge in [0.05, 0.1) is 10.9 Å². The lowest BCUT2D eigenvalue weighted by atomic mass is 10.1. The van der Waals surface area contributed by atoms with Crippen LogP contribution in [0.2, 0.25) is 0 Å². The van der Waals surface area contributed by atoms with E-state index in [4.69, 9.17) is 20.5 Å². The predicted molar refractivity (Wildman–Crippen MR) is 110 cm³/mol. The van der Waals surface area contributed by atoms with Crippen molar-refractivity contribution in [3.05, 3.63) is 46.1 Å². The number of thiophene rings is 1. The Morgan fingerprint density at radius 2 is 2.03 bits per heavy atom. The number of carbonyl (C=O) groups is 1. The number of hydrogen-bond donors (Lipinski definition) is 1. The van der Waals surface area contributed by atoms with E-state index in [-0.39, 0.29) is 13.2 Å². The van der Waals surface area contributed by atoms with E-state index >= 15 is 0 Å². The minimum atomic E-state index is -0.568. The van der Waals surface area contributed by atoms with E-state index in [1.807, 2.05) is 6.07 Å². The number of para-hydroxylation sites is 1. The molecule has 4 rings (SSSR count). The van der Waals surface area contributed by atoms with Crippen LogP contribution in [0.3, 0.4) is 0 Å². The van der Waals surface area contributed by atoms with E-state index in [1.54, 1.807) is 35.6 Å². The maximum Gasteiger partial charge on any atom is 0.344 e. The van der Waals surface area contributed by atoms with Gasteiger partial charge in [-0.2, -0.15) is 5.26 Å². The molecule has 0 spiro atoms. The largest absolute Gasteiger partial charge is 0.481 e. The lowest BCUT2D eigenvalue weighted by Crippen LogP contribution is -2.16. The quantitative estimate of drug-likeness (QED) is 0.508. The van der Waals surface area contributed by atoms with E-state index in [2.05, 4.69) is 9.97 Å². The third-order valence-corrected chi connectivity index (χ3v) is 6.04. The third-order valence-electron chi connectivity index (χ3n) is 4.85. The van der Waals surface area contributed by atoms with Gasteiger partial charge in [-0.25, -0.2) is 14.8 Å². The number of nitriles is 1. The molecule has 8 heteroatoms. The van der Waals surface area contributed by atoms with Gasteiger partial charge in [-0.05, 0) is 43.4 Å². The molecule has 0 amide bonds.